The van der Waals surface area contributed by atoms with Gasteiger partial charge in [-0.15, -0.1) is 0 Å². The predicted molar refractivity (Wildman–Crippen MR) is 253 cm³/mol. The predicted octanol–water partition coefficient (Wildman–Crippen LogP) is 15.3. The summed E-state index contributed by atoms with van der Waals surface area (Å²) in [6.07, 6.45) is 0. The molecule has 280 valence electrons. The van der Waals surface area contributed by atoms with Gasteiger partial charge in [0.05, 0.1) is 22.8 Å². The van der Waals surface area contributed by atoms with Crippen molar-refractivity contribution < 1.29 is 0 Å². The molecule has 2 nitrogen and oxygen atoms in total. The van der Waals surface area contributed by atoms with Gasteiger partial charge in [0.2, 0.25) is 0 Å². The van der Waals surface area contributed by atoms with Crippen molar-refractivity contribution in [3.05, 3.63) is 253 Å². The van der Waals surface area contributed by atoms with Crippen molar-refractivity contribution in [1.29, 1.82) is 0 Å². The first-order chi connectivity index (χ1) is 29.7. The lowest BCUT2D eigenvalue weighted by molar-refractivity contribution is 1.39. The van der Waals surface area contributed by atoms with Gasteiger partial charge >= 0.3 is 0 Å². The fourth-order valence-corrected chi connectivity index (χ4v) is 8.46. The SMILES string of the molecule is c1ccc(-c2ccc(-c3ccc4cc(C5=Nc6ccccc6C(c6ccc7cc(-c8ccc(-c9ccccc9)cc8)ccc7c6)=Nc6ccccc65)ccc4c3)cc2)cc1. The maximum Gasteiger partial charge on any atom is 0.0803 e. The van der Waals surface area contributed by atoms with Crippen LogP contribution in [0.3, 0.4) is 0 Å². The molecule has 0 spiro atoms. The smallest absolute Gasteiger partial charge is 0.0803 e. The maximum atomic E-state index is 5.46. The Kier molecular flexibility index (Phi) is 8.87. The van der Waals surface area contributed by atoms with E-state index >= 15 is 0 Å². The fraction of sp³-hybridized carbons (Fsp3) is 0. The second-order valence-corrected chi connectivity index (χ2v) is 15.4. The monoisotopic (exact) mass is 762 g/mol. The molecule has 10 aromatic carbocycles. The van der Waals surface area contributed by atoms with Crippen LogP contribution in [0.25, 0.3) is 66.1 Å². The topological polar surface area (TPSA) is 24.7 Å². The van der Waals surface area contributed by atoms with Crippen LogP contribution in [-0.2, 0) is 0 Å². The number of aliphatic imine (C=N–C) groups is 2. The Hall–Kier alpha value is -7.94. The minimum Gasteiger partial charge on any atom is -0.247 e. The zero-order valence-corrected chi connectivity index (χ0v) is 32.8. The summed E-state index contributed by atoms with van der Waals surface area (Å²) < 4.78 is 0. The molecule has 1 aliphatic heterocycles. The molecule has 0 fully saturated rings. The van der Waals surface area contributed by atoms with E-state index in [0.717, 1.165) is 45.1 Å². The molecule has 60 heavy (non-hydrogen) atoms. The Morgan fingerprint density at radius 3 is 0.850 bits per heavy atom. The Bertz CT molecular complexity index is 3040. The molecular formula is C58H38N2. The third-order valence-corrected chi connectivity index (χ3v) is 11.7. The van der Waals surface area contributed by atoms with Crippen LogP contribution in [0.1, 0.15) is 22.3 Å². The summed E-state index contributed by atoms with van der Waals surface area (Å²) in [7, 11) is 0. The Labute approximate surface area is 350 Å². The van der Waals surface area contributed by atoms with Gasteiger partial charge in [0.25, 0.3) is 0 Å². The summed E-state index contributed by atoms with van der Waals surface area (Å²) in [5.74, 6) is 0. The van der Waals surface area contributed by atoms with Gasteiger partial charge in [-0.1, -0.05) is 194 Å². The highest BCUT2D eigenvalue weighted by Gasteiger charge is 2.20. The van der Waals surface area contributed by atoms with Gasteiger partial charge in [0, 0.05) is 22.3 Å². The van der Waals surface area contributed by atoms with Crippen LogP contribution in [0.2, 0.25) is 0 Å². The number of para-hydroxylation sites is 2. The second kappa shape index (κ2) is 15.1. The first kappa shape index (κ1) is 35.2. The van der Waals surface area contributed by atoms with Crippen molar-refractivity contribution in [3.8, 4) is 44.5 Å². The van der Waals surface area contributed by atoms with Crippen LogP contribution in [0.15, 0.2) is 241 Å². The Morgan fingerprint density at radius 1 is 0.200 bits per heavy atom. The summed E-state index contributed by atoms with van der Waals surface area (Å²) in [5.41, 5.74) is 17.4. The summed E-state index contributed by atoms with van der Waals surface area (Å²) in [4.78, 5) is 10.9. The molecule has 0 radical (unpaired) electrons. The normalized spacial score (nSPS) is 12.2. The molecule has 1 heterocycles. The van der Waals surface area contributed by atoms with Crippen molar-refractivity contribution >= 4 is 44.3 Å². The van der Waals surface area contributed by atoms with E-state index in [4.69, 9.17) is 9.98 Å². The molecule has 1 aliphatic rings. The number of hydrogen-bond donors (Lipinski definition) is 0. The highest BCUT2D eigenvalue weighted by atomic mass is 14.8. The molecular weight excluding hydrogens is 725 g/mol. The Balaban J connectivity index is 0.924. The first-order valence-corrected chi connectivity index (χ1v) is 20.5. The van der Waals surface area contributed by atoms with E-state index in [0.29, 0.717) is 0 Å². The third kappa shape index (κ3) is 6.70. The molecule has 0 saturated heterocycles. The molecule has 11 rings (SSSR count). The Morgan fingerprint density at radius 2 is 0.467 bits per heavy atom. The fourth-order valence-electron chi connectivity index (χ4n) is 8.46. The molecule has 0 amide bonds. The van der Waals surface area contributed by atoms with Crippen molar-refractivity contribution in [2.75, 3.05) is 0 Å². The summed E-state index contributed by atoms with van der Waals surface area (Å²) in [6.45, 7) is 0. The van der Waals surface area contributed by atoms with E-state index in [1.165, 1.54) is 66.1 Å². The van der Waals surface area contributed by atoms with Gasteiger partial charge in [0.15, 0.2) is 0 Å². The minimum absolute atomic E-state index is 0.893. The average Bonchev–Trinajstić information content (AvgIpc) is 3.32. The highest BCUT2D eigenvalue weighted by molar-refractivity contribution is 6.23. The molecule has 0 saturated carbocycles. The van der Waals surface area contributed by atoms with Crippen molar-refractivity contribution in [1.82, 2.24) is 0 Å². The zero-order valence-electron chi connectivity index (χ0n) is 32.8. The van der Waals surface area contributed by atoms with Gasteiger partial charge < -0.3 is 0 Å². The van der Waals surface area contributed by atoms with Gasteiger partial charge in [-0.3, -0.25) is 0 Å². The molecule has 0 aromatic heterocycles. The third-order valence-electron chi connectivity index (χ3n) is 11.7. The number of rotatable bonds is 6. The first-order valence-electron chi connectivity index (χ1n) is 20.5. The van der Waals surface area contributed by atoms with Crippen LogP contribution >= 0.6 is 0 Å². The summed E-state index contributed by atoms with van der Waals surface area (Å²) >= 11 is 0. The molecule has 0 bridgehead atoms. The zero-order chi connectivity index (χ0) is 39.8. The van der Waals surface area contributed by atoms with Crippen LogP contribution in [-0.4, -0.2) is 11.4 Å². The number of benzene rings is 10. The van der Waals surface area contributed by atoms with Gasteiger partial charge in [0.1, 0.15) is 0 Å². The van der Waals surface area contributed by atoms with Crippen LogP contribution < -0.4 is 0 Å². The van der Waals surface area contributed by atoms with Gasteiger partial charge in [-0.2, -0.15) is 0 Å². The summed E-state index contributed by atoms with van der Waals surface area (Å²) in [6, 6.07) is 82.3. The van der Waals surface area contributed by atoms with Crippen molar-refractivity contribution in [2.24, 2.45) is 9.98 Å². The van der Waals surface area contributed by atoms with Crippen LogP contribution in [0.4, 0.5) is 11.4 Å². The highest BCUT2D eigenvalue weighted by Crippen LogP contribution is 2.36. The second-order valence-electron chi connectivity index (χ2n) is 15.4. The number of nitrogens with zero attached hydrogens (tertiary/aromatic N) is 2. The van der Waals surface area contributed by atoms with E-state index in [1.807, 2.05) is 0 Å². The lowest BCUT2D eigenvalue weighted by Crippen LogP contribution is -2.10. The minimum atomic E-state index is 0.893. The van der Waals surface area contributed by atoms with E-state index in [1.54, 1.807) is 0 Å². The maximum absolute atomic E-state index is 5.46. The average molecular weight is 763 g/mol. The van der Waals surface area contributed by atoms with Gasteiger partial charge in [-0.25, -0.2) is 9.98 Å². The molecule has 0 unspecified atom stereocenters. The van der Waals surface area contributed by atoms with E-state index < -0.39 is 0 Å². The molecule has 2 heteroatoms. The largest absolute Gasteiger partial charge is 0.247 e. The van der Waals surface area contributed by atoms with Crippen LogP contribution in [0.5, 0.6) is 0 Å². The number of hydrogen-bond acceptors (Lipinski definition) is 2. The quantitative estimate of drug-likeness (QED) is 0.161. The van der Waals surface area contributed by atoms with Gasteiger partial charge in [-0.05, 0) is 102 Å². The lowest BCUT2D eigenvalue weighted by atomic mass is 9.93. The van der Waals surface area contributed by atoms with E-state index in [-0.39, 0.29) is 0 Å². The lowest BCUT2D eigenvalue weighted by Gasteiger charge is -2.18. The molecule has 0 N–H and O–H groups in total. The van der Waals surface area contributed by atoms with E-state index in [9.17, 15) is 0 Å². The van der Waals surface area contributed by atoms with Crippen molar-refractivity contribution in [2.45, 2.75) is 0 Å². The van der Waals surface area contributed by atoms with Crippen LogP contribution in [0, 0.1) is 0 Å². The van der Waals surface area contributed by atoms with E-state index in [2.05, 4.69) is 231 Å². The standard InChI is InChI=1S/C58H38N2/c1-3-11-39(12-4-1)41-19-23-43(24-20-41)45-27-29-49-37-51(33-31-47(49)35-45)57-53-15-7-9-17-55(53)60-58(54-16-8-10-18-56(54)59-57)52-34-32-48-36-46(28-30-50(48)38-52)44-25-21-42(22-26-44)40-13-5-2-6-14-40/h1-38H. The molecule has 10 aromatic rings. The molecule has 0 atom stereocenters. The van der Waals surface area contributed by atoms with Crippen molar-refractivity contribution in [3.63, 3.8) is 0 Å². The number of fused-ring (bicyclic) bond motifs is 4. The molecule has 0 aliphatic carbocycles. The summed E-state index contributed by atoms with van der Waals surface area (Å²) in [5, 5.41) is 4.71.